The van der Waals surface area contributed by atoms with E-state index in [0.717, 1.165) is 10.1 Å². The van der Waals surface area contributed by atoms with Crippen LogP contribution in [0, 0.1) is 0 Å². The number of rotatable bonds is 7. The van der Waals surface area contributed by atoms with Crippen molar-refractivity contribution >= 4 is 33.6 Å². The van der Waals surface area contributed by atoms with Gasteiger partial charge in [-0.1, -0.05) is 32.9 Å². The Morgan fingerprint density at radius 1 is 1.24 bits per heavy atom. The average molecular weight is 385 g/mol. The highest BCUT2D eigenvalue weighted by Crippen LogP contribution is 2.30. The first-order valence-corrected chi connectivity index (χ1v) is 10.6. The van der Waals surface area contributed by atoms with E-state index in [0.29, 0.717) is 13.0 Å². The van der Waals surface area contributed by atoms with Crippen molar-refractivity contribution in [2.75, 3.05) is 18.8 Å². The molecule has 25 heavy (non-hydrogen) atoms. The Balaban J connectivity index is 1.79. The molecule has 0 fully saturated rings. The monoisotopic (exact) mass is 384 g/mol. The fraction of sp³-hybridized carbons (Fsp3) is 0.529. The zero-order valence-corrected chi connectivity index (χ0v) is 16.4. The van der Waals surface area contributed by atoms with Crippen LogP contribution in [0.25, 0.3) is 0 Å². The van der Waals surface area contributed by atoms with Gasteiger partial charge in [0, 0.05) is 30.0 Å². The number of thioether (sulfide) groups is 1. The van der Waals surface area contributed by atoms with Crippen molar-refractivity contribution in [1.82, 2.24) is 9.62 Å². The number of nitrogens with one attached hydrogen (secondary N) is 1. The van der Waals surface area contributed by atoms with Gasteiger partial charge in [0.25, 0.3) is 15.9 Å². The number of hydrogen-bond acceptors (Lipinski definition) is 5. The molecule has 0 unspecified atom stereocenters. The van der Waals surface area contributed by atoms with Gasteiger partial charge in [-0.25, -0.2) is 12.7 Å². The molecular weight excluding hydrogens is 360 g/mol. The Kier molecular flexibility index (Phi) is 6.16. The second-order valence-electron chi connectivity index (χ2n) is 6.79. The van der Waals surface area contributed by atoms with E-state index in [2.05, 4.69) is 26.1 Å². The number of amides is 2. The fourth-order valence-electron chi connectivity index (χ4n) is 2.47. The minimum atomic E-state index is -3.78. The van der Waals surface area contributed by atoms with Gasteiger partial charge in [-0.05, 0) is 18.6 Å². The maximum absolute atomic E-state index is 12.4. The van der Waals surface area contributed by atoms with Crippen molar-refractivity contribution in [3.05, 3.63) is 29.8 Å². The summed E-state index contributed by atoms with van der Waals surface area (Å²) in [5.41, 5.74) is 0.200. The van der Waals surface area contributed by atoms with Gasteiger partial charge in [-0.15, -0.1) is 0 Å². The van der Waals surface area contributed by atoms with E-state index in [9.17, 15) is 18.0 Å². The third kappa shape index (κ3) is 4.98. The minimum Gasteiger partial charge on any atom is -0.355 e. The molecule has 0 atom stereocenters. The number of nitrogens with zero attached hydrogens (tertiary/aromatic N) is 1. The summed E-state index contributed by atoms with van der Waals surface area (Å²) in [6, 6.07) is 6.17. The highest BCUT2D eigenvalue weighted by molar-refractivity contribution is 8.00. The van der Waals surface area contributed by atoms with Crippen LogP contribution in [0.1, 0.15) is 44.0 Å². The summed E-state index contributed by atoms with van der Waals surface area (Å²) in [6.07, 6.45) is 0.493. The summed E-state index contributed by atoms with van der Waals surface area (Å²) in [7, 11) is -3.78. The lowest BCUT2D eigenvalue weighted by molar-refractivity contribution is -0.121. The lowest BCUT2D eigenvalue weighted by Crippen LogP contribution is -2.32. The Hall–Kier alpha value is -1.54. The molecule has 6 nitrogen and oxygen atoms in total. The third-order valence-electron chi connectivity index (χ3n) is 3.64. The van der Waals surface area contributed by atoms with Gasteiger partial charge in [-0.3, -0.25) is 9.59 Å². The van der Waals surface area contributed by atoms with Gasteiger partial charge in [0.1, 0.15) is 4.90 Å². The summed E-state index contributed by atoms with van der Waals surface area (Å²) < 4.78 is 25.8. The van der Waals surface area contributed by atoms with Crippen LogP contribution >= 0.6 is 11.8 Å². The first-order chi connectivity index (χ1) is 11.6. The average Bonchev–Trinajstić information content (AvgIpc) is 2.72. The summed E-state index contributed by atoms with van der Waals surface area (Å²) in [6.45, 7) is 6.94. The van der Waals surface area contributed by atoms with Crippen molar-refractivity contribution in [3.63, 3.8) is 0 Å². The van der Waals surface area contributed by atoms with Crippen LogP contribution in [-0.2, 0) is 14.8 Å². The molecule has 1 aromatic rings. The summed E-state index contributed by atoms with van der Waals surface area (Å²) in [5.74, 6) is 0.178. The molecule has 0 aliphatic carbocycles. The van der Waals surface area contributed by atoms with E-state index in [1.54, 1.807) is 23.9 Å². The van der Waals surface area contributed by atoms with Crippen LogP contribution in [0.3, 0.4) is 0 Å². The van der Waals surface area contributed by atoms with Crippen LogP contribution in [-0.4, -0.2) is 48.1 Å². The maximum atomic E-state index is 12.4. The smallest absolute Gasteiger partial charge is 0.269 e. The molecule has 1 aliphatic heterocycles. The van der Waals surface area contributed by atoms with E-state index in [1.165, 1.54) is 12.1 Å². The van der Waals surface area contributed by atoms with Crippen LogP contribution in [0.15, 0.2) is 29.2 Å². The van der Waals surface area contributed by atoms with Crippen molar-refractivity contribution in [3.8, 4) is 0 Å². The molecular formula is C17H24N2O4S2. The molecule has 138 valence electrons. The highest BCUT2D eigenvalue weighted by Gasteiger charge is 2.40. The van der Waals surface area contributed by atoms with Gasteiger partial charge < -0.3 is 5.32 Å². The SMILES string of the molecule is CC(C)(C)SCCNC(=O)CCCN1C(=O)c2ccccc2S1(=O)=O. The zero-order chi connectivity index (χ0) is 18.7. The van der Waals surface area contributed by atoms with Crippen LogP contribution in [0.5, 0.6) is 0 Å². The number of fused-ring (bicyclic) bond motifs is 1. The molecule has 0 saturated heterocycles. The summed E-state index contributed by atoms with van der Waals surface area (Å²) in [5, 5.41) is 2.82. The number of hydrogen-bond donors (Lipinski definition) is 1. The topological polar surface area (TPSA) is 83.6 Å². The van der Waals surface area contributed by atoms with Crippen molar-refractivity contribution in [1.29, 1.82) is 0 Å². The highest BCUT2D eigenvalue weighted by atomic mass is 32.2. The standard InChI is InChI=1S/C17H24N2O4S2/c1-17(2,3)24-12-10-18-15(20)9-6-11-19-16(21)13-7-4-5-8-14(13)25(19,22)23/h4-5,7-8H,6,9-12H2,1-3H3,(H,18,20). The Morgan fingerprint density at radius 3 is 2.56 bits per heavy atom. The van der Waals surface area contributed by atoms with E-state index < -0.39 is 15.9 Å². The molecule has 1 N–H and O–H groups in total. The van der Waals surface area contributed by atoms with E-state index in [1.807, 2.05) is 0 Å². The van der Waals surface area contributed by atoms with Crippen LogP contribution in [0.4, 0.5) is 0 Å². The second-order valence-corrected chi connectivity index (χ2v) is 10.5. The second kappa shape index (κ2) is 7.78. The van der Waals surface area contributed by atoms with E-state index >= 15 is 0 Å². The number of carbonyl (C=O) groups is 2. The van der Waals surface area contributed by atoms with Crippen molar-refractivity contribution in [2.45, 2.75) is 43.3 Å². The summed E-state index contributed by atoms with van der Waals surface area (Å²) >= 11 is 1.77. The van der Waals surface area contributed by atoms with E-state index in [-0.39, 0.29) is 34.1 Å². The normalized spacial score (nSPS) is 16.0. The third-order valence-corrected chi connectivity index (χ3v) is 6.75. The molecule has 1 aliphatic rings. The van der Waals surface area contributed by atoms with E-state index in [4.69, 9.17) is 0 Å². The number of sulfonamides is 1. The van der Waals surface area contributed by atoms with Gasteiger partial charge in [0.15, 0.2) is 0 Å². The molecule has 0 aromatic heterocycles. The summed E-state index contributed by atoms with van der Waals surface area (Å²) in [4.78, 5) is 24.1. The Morgan fingerprint density at radius 2 is 1.92 bits per heavy atom. The van der Waals surface area contributed by atoms with Crippen molar-refractivity contribution in [2.24, 2.45) is 0 Å². The molecule has 1 heterocycles. The molecule has 0 radical (unpaired) electrons. The molecule has 2 rings (SSSR count). The maximum Gasteiger partial charge on any atom is 0.269 e. The molecule has 2 amide bonds. The molecule has 8 heteroatoms. The molecule has 1 aromatic carbocycles. The number of carbonyl (C=O) groups excluding carboxylic acids is 2. The van der Waals surface area contributed by atoms with Crippen LogP contribution in [0.2, 0.25) is 0 Å². The largest absolute Gasteiger partial charge is 0.355 e. The van der Waals surface area contributed by atoms with Gasteiger partial charge in [0.05, 0.1) is 5.56 Å². The molecule has 0 spiro atoms. The van der Waals surface area contributed by atoms with Gasteiger partial charge in [-0.2, -0.15) is 11.8 Å². The first kappa shape index (κ1) is 19.8. The Bertz CT molecular complexity index is 754. The zero-order valence-electron chi connectivity index (χ0n) is 14.7. The molecule has 0 saturated carbocycles. The van der Waals surface area contributed by atoms with Gasteiger partial charge in [0.2, 0.25) is 5.91 Å². The molecule has 0 bridgehead atoms. The van der Waals surface area contributed by atoms with Crippen LogP contribution < -0.4 is 5.32 Å². The Labute approximate surface area is 153 Å². The predicted octanol–water partition coefficient (Wildman–Crippen LogP) is 2.26. The predicted molar refractivity (Wildman–Crippen MR) is 99.1 cm³/mol. The lowest BCUT2D eigenvalue weighted by atomic mass is 10.2. The minimum absolute atomic E-state index is 0.0139. The fourth-order valence-corrected chi connectivity index (χ4v) is 4.90. The lowest BCUT2D eigenvalue weighted by Gasteiger charge is -2.17. The first-order valence-electron chi connectivity index (χ1n) is 8.20. The number of benzene rings is 1. The quantitative estimate of drug-likeness (QED) is 0.729. The van der Waals surface area contributed by atoms with Gasteiger partial charge >= 0.3 is 0 Å². The van der Waals surface area contributed by atoms with Crippen molar-refractivity contribution < 1.29 is 18.0 Å².